The van der Waals surface area contributed by atoms with Gasteiger partial charge in [0.15, 0.2) is 0 Å². The Morgan fingerprint density at radius 3 is 2.33 bits per heavy atom. The highest BCUT2D eigenvalue weighted by molar-refractivity contribution is 7.89. The predicted octanol–water partition coefficient (Wildman–Crippen LogP) is -0.215. The van der Waals surface area contributed by atoms with Gasteiger partial charge in [-0.05, 0) is 19.4 Å². The van der Waals surface area contributed by atoms with Crippen molar-refractivity contribution < 1.29 is 13.2 Å². The molecule has 1 atom stereocenters. The standard InChI is InChI=1S/C11H23N3O3S/c12-6-4-2-1-3-5-7-14-9-10(8-11(14)15)18(13,16)17/h10H,1-9,12H2,(H2,13,16,17). The van der Waals surface area contributed by atoms with Crippen LogP contribution in [-0.4, -0.2) is 44.1 Å². The molecule has 0 spiro atoms. The highest BCUT2D eigenvalue weighted by atomic mass is 32.2. The highest BCUT2D eigenvalue weighted by Crippen LogP contribution is 2.17. The molecule has 0 aromatic carbocycles. The van der Waals surface area contributed by atoms with E-state index in [-0.39, 0.29) is 18.9 Å². The van der Waals surface area contributed by atoms with Crippen molar-refractivity contribution in [3.63, 3.8) is 0 Å². The van der Waals surface area contributed by atoms with Gasteiger partial charge >= 0.3 is 0 Å². The Hall–Kier alpha value is -0.660. The summed E-state index contributed by atoms with van der Waals surface area (Å²) in [4.78, 5) is 13.2. The van der Waals surface area contributed by atoms with Gasteiger partial charge in [0.25, 0.3) is 0 Å². The summed E-state index contributed by atoms with van der Waals surface area (Å²) in [5.74, 6) is -0.101. The fourth-order valence-corrected chi connectivity index (χ4v) is 2.91. The number of nitrogens with two attached hydrogens (primary N) is 2. The number of primary sulfonamides is 1. The summed E-state index contributed by atoms with van der Waals surface area (Å²) in [6, 6.07) is 0. The molecule has 1 aliphatic rings. The Morgan fingerprint density at radius 2 is 1.78 bits per heavy atom. The van der Waals surface area contributed by atoms with Crippen molar-refractivity contribution in [2.24, 2.45) is 10.9 Å². The van der Waals surface area contributed by atoms with Gasteiger partial charge in [-0.15, -0.1) is 0 Å². The molecule has 7 heteroatoms. The Labute approximate surface area is 109 Å². The number of carbonyl (C=O) groups excluding carboxylic acids is 1. The number of hydrogen-bond donors (Lipinski definition) is 2. The smallest absolute Gasteiger partial charge is 0.224 e. The first kappa shape index (κ1) is 15.4. The molecule has 0 aliphatic carbocycles. The topological polar surface area (TPSA) is 106 Å². The van der Waals surface area contributed by atoms with Crippen molar-refractivity contribution in [3.05, 3.63) is 0 Å². The SMILES string of the molecule is NCCCCCCCN1CC(S(N)(=O)=O)CC1=O. The van der Waals surface area contributed by atoms with E-state index in [2.05, 4.69) is 0 Å². The molecule has 1 unspecified atom stereocenters. The van der Waals surface area contributed by atoms with Crippen LogP contribution in [0.1, 0.15) is 38.5 Å². The van der Waals surface area contributed by atoms with Crippen LogP contribution in [0.3, 0.4) is 0 Å². The summed E-state index contributed by atoms with van der Waals surface area (Å²) in [6.45, 7) is 1.61. The van der Waals surface area contributed by atoms with E-state index in [0.29, 0.717) is 6.54 Å². The van der Waals surface area contributed by atoms with E-state index in [1.54, 1.807) is 4.90 Å². The monoisotopic (exact) mass is 277 g/mol. The van der Waals surface area contributed by atoms with Gasteiger partial charge < -0.3 is 10.6 Å². The first-order valence-electron chi connectivity index (χ1n) is 6.44. The number of unbranched alkanes of at least 4 members (excludes halogenated alkanes) is 4. The lowest BCUT2D eigenvalue weighted by molar-refractivity contribution is -0.127. The van der Waals surface area contributed by atoms with Crippen LogP contribution in [0.4, 0.5) is 0 Å². The van der Waals surface area contributed by atoms with Crippen LogP contribution in [0, 0.1) is 0 Å². The molecule has 1 fully saturated rings. The minimum absolute atomic E-state index is 0.0337. The average molecular weight is 277 g/mol. The van der Waals surface area contributed by atoms with E-state index in [1.165, 1.54) is 0 Å². The molecule has 1 saturated heterocycles. The van der Waals surface area contributed by atoms with Gasteiger partial charge in [-0.2, -0.15) is 0 Å². The van der Waals surface area contributed by atoms with E-state index in [4.69, 9.17) is 10.9 Å². The lowest BCUT2D eigenvalue weighted by Crippen LogP contribution is -2.32. The summed E-state index contributed by atoms with van der Waals surface area (Å²) in [5, 5.41) is 4.34. The molecule has 0 bridgehead atoms. The van der Waals surface area contributed by atoms with E-state index >= 15 is 0 Å². The third kappa shape index (κ3) is 4.91. The number of hydrogen-bond acceptors (Lipinski definition) is 4. The van der Waals surface area contributed by atoms with Crippen molar-refractivity contribution in [1.29, 1.82) is 0 Å². The molecule has 1 aliphatic heterocycles. The van der Waals surface area contributed by atoms with Gasteiger partial charge in [-0.3, -0.25) is 4.79 Å². The maximum Gasteiger partial charge on any atom is 0.224 e. The molecule has 18 heavy (non-hydrogen) atoms. The van der Waals surface area contributed by atoms with Gasteiger partial charge in [-0.1, -0.05) is 19.3 Å². The third-order valence-electron chi connectivity index (χ3n) is 3.28. The van der Waals surface area contributed by atoms with Crippen molar-refractivity contribution >= 4 is 15.9 Å². The zero-order valence-corrected chi connectivity index (χ0v) is 11.5. The Bertz CT molecular complexity index is 370. The van der Waals surface area contributed by atoms with Crippen molar-refractivity contribution in [1.82, 2.24) is 4.90 Å². The second-order valence-corrected chi connectivity index (χ2v) is 6.66. The molecule has 4 N–H and O–H groups in total. The quantitative estimate of drug-likeness (QED) is 0.598. The average Bonchev–Trinajstić information content (AvgIpc) is 2.65. The fraction of sp³-hybridized carbons (Fsp3) is 0.909. The Kier molecular flexibility index (Phi) is 6.04. The number of rotatable bonds is 8. The van der Waals surface area contributed by atoms with Crippen LogP contribution >= 0.6 is 0 Å². The lowest BCUT2D eigenvalue weighted by Gasteiger charge is -2.15. The van der Waals surface area contributed by atoms with E-state index in [0.717, 1.165) is 38.6 Å². The molecular formula is C11H23N3O3S. The molecule has 1 rings (SSSR count). The van der Waals surface area contributed by atoms with Crippen LogP contribution in [-0.2, 0) is 14.8 Å². The summed E-state index contributed by atoms with van der Waals surface area (Å²) < 4.78 is 22.3. The number of likely N-dealkylation sites (tertiary alicyclic amines) is 1. The van der Waals surface area contributed by atoms with Crippen molar-refractivity contribution in [3.8, 4) is 0 Å². The van der Waals surface area contributed by atoms with Gasteiger partial charge in [0.1, 0.15) is 5.25 Å². The van der Waals surface area contributed by atoms with Crippen LogP contribution in [0.25, 0.3) is 0 Å². The third-order valence-corrected chi connectivity index (χ3v) is 4.52. The maximum atomic E-state index is 11.6. The van der Waals surface area contributed by atoms with Gasteiger partial charge in [-0.25, -0.2) is 13.6 Å². The summed E-state index contributed by atoms with van der Waals surface area (Å²) in [7, 11) is -3.59. The first-order chi connectivity index (χ1) is 8.45. The zero-order chi connectivity index (χ0) is 13.6. The van der Waals surface area contributed by atoms with E-state index in [1.807, 2.05) is 0 Å². The molecule has 0 radical (unpaired) electrons. The number of carbonyl (C=O) groups is 1. The molecule has 0 aromatic rings. The highest BCUT2D eigenvalue weighted by Gasteiger charge is 2.35. The molecule has 6 nitrogen and oxygen atoms in total. The van der Waals surface area contributed by atoms with Crippen molar-refractivity contribution in [2.75, 3.05) is 19.6 Å². The molecule has 0 saturated carbocycles. The molecule has 1 amide bonds. The number of amides is 1. The summed E-state index contributed by atoms with van der Waals surface area (Å²) in [5.41, 5.74) is 5.40. The predicted molar refractivity (Wildman–Crippen MR) is 70.2 cm³/mol. The number of nitrogens with zero attached hydrogens (tertiary/aromatic N) is 1. The van der Waals surface area contributed by atoms with Gasteiger partial charge in [0, 0.05) is 19.5 Å². The second-order valence-electron chi connectivity index (χ2n) is 4.81. The largest absolute Gasteiger partial charge is 0.341 e. The normalized spacial score (nSPS) is 20.7. The zero-order valence-electron chi connectivity index (χ0n) is 10.7. The maximum absolute atomic E-state index is 11.6. The summed E-state index contributed by atoms with van der Waals surface area (Å²) >= 11 is 0. The van der Waals surface area contributed by atoms with Crippen molar-refractivity contribution in [2.45, 2.75) is 43.8 Å². The molecule has 0 aromatic heterocycles. The van der Waals surface area contributed by atoms with Crippen LogP contribution in [0.2, 0.25) is 0 Å². The molecular weight excluding hydrogens is 254 g/mol. The number of sulfonamides is 1. The minimum atomic E-state index is -3.59. The van der Waals surface area contributed by atoms with E-state index < -0.39 is 15.3 Å². The van der Waals surface area contributed by atoms with Gasteiger partial charge in [0.2, 0.25) is 15.9 Å². The lowest BCUT2D eigenvalue weighted by atomic mass is 10.1. The molecule has 1 heterocycles. The van der Waals surface area contributed by atoms with Crippen LogP contribution in [0.5, 0.6) is 0 Å². The summed E-state index contributed by atoms with van der Waals surface area (Å²) in [6.07, 6.45) is 5.25. The Balaban J connectivity index is 2.22. The molecule has 106 valence electrons. The minimum Gasteiger partial charge on any atom is -0.341 e. The fourth-order valence-electron chi connectivity index (χ4n) is 2.15. The van der Waals surface area contributed by atoms with Crippen LogP contribution in [0.15, 0.2) is 0 Å². The first-order valence-corrected chi connectivity index (χ1v) is 8.05. The Morgan fingerprint density at radius 1 is 1.17 bits per heavy atom. The van der Waals surface area contributed by atoms with Crippen LogP contribution < -0.4 is 10.9 Å². The second kappa shape index (κ2) is 7.06. The van der Waals surface area contributed by atoms with Gasteiger partial charge in [0.05, 0.1) is 0 Å². The van der Waals surface area contributed by atoms with E-state index in [9.17, 15) is 13.2 Å².